The predicted molar refractivity (Wildman–Crippen MR) is 260 cm³/mol. The molecule has 1 aliphatic rings. The van der Waals surface area contributed by atoms with Crippen molar-refractivity contribution in [1.29, 1.82) is 0 Å². The standard InChI is InChI=1S/C45H64N10O13S2/c1-23(2)36(43(66)48-20-35(59)60)53-42(65)33-10-7-17-55(33)45(68)32(22-70)52-41(64)31(19-34(47)58)51-44(67)37(24(3)56)54-39(62)29(16-13-25-8-5-4-6-9-25)49-40(63)30(50-38(61)28(46)21-69)18-26-11-14-27(57)15-12-26/h4-6,8-9,11-12,14-15,23-24,28-33,36-37,56-57,69-70H,7,10,13,16-22,46H2,1-3H3,(H2,47,58)(H,48,66)(H,49,63)(H,50,61)(H,51,67)(H,52,64)(H,53,65)(H,54,62)(H,59,60)/t24-,28+,29+,30+,31+,32+,33+,36+,37+/m1/s1. The first kappa shape index (κ1) is 57.9. The number of aliphatic hydroxyl groups excluding tert-OH is 1. The third kappa shape index (κ3) is 18.1. The summed E-state index contributed by atoms with van der Waals surface area (Å²) in [6, 6.07) is 3.61. The average Bonchev–Trinajstić information content (AvgIpc) is 3.82. The molecule has 0 unspecified atom stereocenters. The first-order valence-electron chi connectivity index (χ1n) is 22.4. The Hall–Kier alpha value is -6.44. The zero-order chi connectivity index (χ0) is 52.2. The predicted octanol–water partition coefficient (Wildman–Crippen LogP) is -3.23. The van der Waals surface area contributed by atoms with Crippen LogP contribution < -0.4 is 48.7 Å². The Morgan fingerprint density at radius 3 is 1.86 bits per heavy atom. The van der Waals surface area contributed by atoms with Gasteiger partial charge in [-0.05, 0) is 61.8 Å². The van der Waals surface area contributed by atoms with Gasteiger partial charge >= 0.3 is 5.97 Å². The third-order valence-electron chi connectivity index (χ3n) is 11.1. The van der Waals surface area contributed by atoms with Crippen LogP contribution in [0.4, 0.5) is 0 Å². The molecule has 3 rings (SSSR count). The second-order valence-corrected chi connectivity index (χ2v) is 17.8. The number of carboxylic acid groups (broad SMARTS) is 1. The van der Waals surface area contributed by atoms with E-state index in [4.69, 9.17) is 16.6 Å². The van der Waals surface area contributed by atoms with E-state index in [9.17, 15) is 58.2 Å². The highest BCUT2D eigenvalue weighted by Crippen LogP contribution is 2.20. The molecule has 9 atom stereocenters. The number of nitrogens with zero attached hydrogens (tertiary/aromatic N) is 1. The molecule has 0 bridgehead atoms. The van der Waals surface area contributed by atoms with Gasteiger partial charge in [-0.25, -0.2) is 0 Å². The van der Waals surface area contributed by atoms with Crippen molar-refractivity contribution in [3.05, 3.63) is 65.7 Å². The molecule has 9 amide bonds. The number of aromatic hydroxyl groups is 1. The fourth-order valence-corrected chi connectivity index (χ4v) is 7.70. The number of hydrogen-bond acceptors (Lipinski definition) is 15. The van der Waals surface area contributed by atoms with Crippen molar-refractivity contribution in [2.45, 2.75) is 114 Å². The highest BCUT2D eigenvalue weighted by Gasteiger charge is 2.40. The van der Waals surface area contributed by atoms with Crippen LogP contribution in [0.1, 0.15) is 57.6 Å². The zero-order valence-electron chi connectivity index (χ0n) is 39.0. The molecular weight excluding hydrogens is 953 g/mol. The lowest BCUT2D eigenvalue weighted by atomic mass is 10.0. The van der Waals surface area contributed by atoms with E-state index in [0.717, 1.165) is 12.5 Å². The fourth-order valence-electron chi connectivity index (χ4n) is 7.28. The van der Waals surface area contributed by atoms with Gasteiger partial charge in [0.2, 0.25) is 53.2 Å². The van der Waals surface area contributed by atoms with Crippen molar-refractivity contribution in [1.82, 2.24) is 42.1 Å². The van der Waals surface area contributed by atoms with E-state index >= 15 is 0 Å². The lowest BCUT2D eigenvalue weighted by Crippen LogP contribution is -2.62. The van der Waals surface area contributed by atoms with Gasteiger partial charge < -0.3 is 68.9 Å². The number of phenols is 1. The second-order valence-electron chi connectivity index (χ2n) is 17.0. The van der Waals surface area contributed by atoms with Crippen LogP contribution in [-0.4, -0.2) is 158 Å². The smallest absolute Gasteiger partial charge is 0.322 e. The summed E-state index contributed by atoms with van der Waals surface area (Å²) in [5, 5.41) is 46.7. The number of thiol groups is 2. The fraction of sp³-hybridized carbons (Fsp3) is 0.511. The van der Waals surface area contributed by atoms with Gasteiger partial charge in [-0.2, -0.15) is 25.3 Å². The Labute approximate surface area is 415 Å². The number of likely N-dealkylation sites (tertiary alicyclic amines) is 1. The normalized spacial score (nSPS) is 16.7. The number of phenolic OH excluding ortho intramolecular Hbond substituents is 1. The van der Waals surface area contributed by atoms with Crippen LogP contribution in [0.15, 0.2) is 54.6 Å². The highest BCUT2D eigenvalue weighted by atomic mass is 32.1. The van der Waals surface area contributed by atoms with Gasteiger partial charge in [0.05, 0.1) is 18.6 Å². The number of carbonyl (C=O) groups excluding carboxylic acids is 9. The summed E-state index contributed by atoms with van der Waals surface area (Å²) < 4.78 is 0. The summed E-state index contributed by atoms with van der Waals surface area (Å²) in [7, 11) is 0. The molecule has 1 aliphatic heterocycles. The Morgan fingerprint density at radius 1 is 0.700 bits per heavy atom. The highest BCUT2D eigenvalue weighted by molar-refractivity contribution is 7.80. The maximum atomic E-state index is 14.1. The quantitative estimate of drug-likeness (QED) is 0.0392. The molecule has 1 fully saturated rings. The summed E-state index contributed by atoms with van der Waals surface area (Å²) >= 11 is 8.28. The molecule has 1 saturated heterocycles. The van der Waals surface area contributed by atoms with Gasteiger partial charge in [-0.15, -0.1) is 0 Å². The number of benzene rings is 2. The number of hydrogen-bond donors (Lipinski definition) is 14. The monoisotopic (exact) mass is 1020 g/mol. The topological polar surface area (TPSA) is 371 Å². The van der Waals surface area contributed by atoms with Gasteiger partial charge in [-0.1, -0.05) is 56.3 Å². The number of primary amides is 1. The number of carboxylic acids is 1. The molecule has 1 heterocycles. The lowest BCUT2D eigenvalue weighted by molar-refractivity contribution is -0.142. The van der Waals surface area contributed by atoms with E-state index in [1.165, 1.54) is 29.2 Å². The molecule has 23 nitrogen and oxygen atoms in total. The Bertz CT molecular complexity index is 2170. The van der Waals surface area contributed by atoms with E-state index in [1.54, 1.807) is 44.2 Å². The molecule has 0 radical (unpaired) electrons. The van der Waals surface area contributed by atoms with Gasteiger partial charge in [0.15, 0.2) is 0 Å². The summed E-state index contributed by atoms with van der Waals surface area (Å²) in [5.74, 6) is -10.3. The summed E-state index contributed by atoms with van der Waals surface area (Å²) in [4.78, 5) is 133. The lowest BCUT2D eigenvalue weighted by Gasteiger charge is -2.31. The number of nitrogens with two attached hydrogens (primary N) is 2. The van der Waals surface area contributed by atoms with Crippen LogP contribution in [0, 0.1) is 5.92 Å². The van der Waals surface area contributed by atoms with E-state index in [2.05, 4.69) is 62.5 Å². The van der Waals surface area contributed by atoms with Crippen molar-refractivity contribution in [3.8, 4) is 5.75 Å². The zero-order valence-corrected chi connectivity index (χ0v) is 40.8. The maximum Gasteiger partial charge on any atom is 0.322 e. The van der Waals surface area contributed by atoms with Crippen molar-refractivity contribution in [2.24, 2.45) is 17.4 Å². The number of carbonyl (C=O) groups is 10. The van der Waals surface area contributed by atoms with Crippen molar-refractivity contribution >= 4 is 84.4 Å². The summed E-state index contributed by atoms with van der Waals surface area (Å²) in [6.45, 7) is 3.80. The molecule has 2 aromatic carbocycles. The van der Waals surface area contributed by atoms with Crippen LogP contribution >= 0.6 is 25.3 Å². The van der Waals surface area contributed by atoms with E-state index in [-0.39, 0.29) is 49.5 Å². The largest absolute Gasteiger partial charge is 0.508 e. The van der Waals surface area contributed by atoms with Gasteiger partial charge in [0.25, 0.3) is 0 Å². The number of rotatable bonds is 27. The molecule has 14 N–H and O–H groups in total. The third-order valence-corrected chi connectivity index (χ3v) is 11.9. The summed E-state index contributed by atoms with van der Waals surface area (Å²) in [5.41, 5.74) is 12.6. The van der Waals surface area contributed by atoms with Crippen molar-refractivity contribution in [3.63, 3.8) is 0 Å². The minimum absolute atomic E-state index is 0.0442. The van der Waals surface area contributed by atoms with Crippen LogP contribution in [0.5, 0.6) is 5.75 Å². The van der Waals surface area contributed by atoms with E-state index in [0.29, 0.717) is 12.0 Å². The second kappa shape index (κ2) is 28.3. The van der Waals surface area contributed by atoms with Crippen molar-refractivity contribution < 1.29 is 63.3 Å². The van der Waals surface area contributed by atoms with Gasteiger partial charge in [0.1, 0.15) is 54.6 Å². The maximum absolute atomic E-state index is 14.1. The van der Waals surface area contributed by atoms with Crippen LogP contribution in [0.2, 0.25) is 0 Å². The van der Waals surface area contributed by atoms with Crippen molar-refractivity contribution in [2.75, 3.05) is 24.6 Å². The van der Waals surface area contributed by atoms with Gasteiger partial charge in [0, 0.05) is 24.5 Å². The molecule has 2 aromatic rings. The molecule has 0 saturated carbocycles. The Kier molecular flexibility index (Phi) is 23.4. The minimum Gasteiger partial charge on any atom is -0.508 e. The average molecular weight is 1020 g/mol. The van der Waals surface area contributed by atoms with E-state index < -0.39 is 132 Å². The molecule has 0 spiro atoms. The Balaban J connectivity index is 1.82. The molecular formula is C45H64N10O13S2. The van der Waals surface area contributed by atoms with Crippen LogP contribution in [-0.2, 0) is 60.8 Å². The summed E-state index contributed by atoms with van der Waals surface area (Å²) in [6.07, 6.45) is -1.86. The van der Waals surface area contributed by atoms with Crippen LogP contribution in [0.3, 0.4) is 0 Å². The first-order valence-corrected chi connectivity index (χ1v) is 23.7. The molecule has 0 aromatic heterocycles. The molecule has 25 heteroatoms. The number of aryl methyl sites for hydroxylation is 1. The van der Waals surface area contributed by atoms with Crippen LogP contribution in [0.25, 0.3) is 0 Å². The Morgan fingerprint density at radius 2 is 1.29 bits per heavy atom. The van der Waals surface area contributed by atoms with Gasteiger partial charge in [-0.3, -0.25) is 47.9 Å². The molecule has 384 valence electrons. The molecule has 70 heavy (non-hydrogen) atoms. The number of aliphatic hydroxyl groups is 1. The number of amides is 9. The number of nitrogens with one attached hydrogen (secondary N) is 7. The molecule has 0 aliphatic carbocycles. The minimum atomic E-state index is -1.82. The number of aliphatic carboxylic acids is 1. The SMILES string of the molecule is CC(C)[C@H](NC(=O)[C@@H]1CCCN1C(=O)[C@H](CS)NC(=O)[C@H](CC(N)=O)NC(=O)[C@@H](NC(=O)[C@H](CCc1ccccc1)NC(=O)[C@H](Cc1ccc(O)cc1)NC(=O)[C@@H](N)CS)[C@@H](C)O)C(=O)NCC(=O)O. The van der Waals surface area contributed by atoms with E-state index in [1.807, 2.05) is 0 Å². The first-order chi connectivity index (χ1) is 33.1.